The quantitative estimate of drug-likeness (QED) is 0.353. The summed E-state index contributed by atoms with van der Waals surface area (Å²) >= 11 is 0. The molecule has 0 N–H and O–H groups in total. The average Bonchev–Trinajstić information content (AvgIpc) is 2.29. The van der Waals surface area contributed by atoms with Crippen LogP contribution in [0.1, 0.15) is 0 Å². The Labute approximate surface area is 145 Å². The SMILES string of the molecule is FC(F)(F)O[Si](OC(F)(F)F)(OC(F)(F)F)C(F)(F)C(F)(F)C(F)(F)C(F)(F)F. The second kappa shape index (κ2) is 7.21. The molecule has 0 rings (SSSR count). The van der Waals surface area contributed by atoms with Crippen LogP contribution in [-0.2, 0) is 13.3 Å². The zero-order valence-electron chi connectivity index (χ0n) is 12.0. The van der Waals surface area contributed by atoms with Crippen LogP contribution in [0.25, 0.3) is 0 Å². The molecule has 0 atom stereocenters. The molecule has 3 nitrogen and oxygen atoms in total. The minimum absolute atomic E-state index is 1.56. The summed E-state index contributed by atoms with van der Waals surface area (Å²) in [4.78, 5) is 0. The van der Waals surface area contributed by atoms with Gasteiger partial charge in [0.15, 0.2) is 0 Å². The van der Waals surface area contributed by atoms with E-state index in [0.29, 0.717) is 0 Å². The van der Waals surface area contributed by atoms with Crippen LogP contribution in [-0.4, -0.2) is 51.5 Å². The van der Waals surface area contributed by atoms with E-state index in [0.717, 1.165) is 0 Å². The zero-order chi connectivity index (χ0) is 24.1. The van der Waals surface area contributed by atoms with Crippen LogP contribution in [0.5, 0.6) is 0 Å². The number of hydrogen-bond donors (Lipinski definition) is 0. The number of halogens is 18. The maximum absolute atomic E-state index is 13.6. The van der Waals surface area contributed by atoms with Gasteiger partial charge in [0.05, 0.1) is 0 Å². The summed E-state index contributed by atoms with van der Waals surface area (Å²) in [6, 6.07) is 0. The predicted molar refractivity (Wildman–Crippen MR) is 48.1 cm³/mol. The van der Waals surface area contributed by atoms with Crippen LogP contribution in [0, 0.1) is 0 Å². The smallest absolute Gasteiger partial charge is 0.280 e. The van der Waals surface area contributed by atoms with Crippen molar-refractivity contribution in [3.05, 3.63) is 0 Å². The highest BCUT2D eigenvalue weighted by molar-refractivity contribution is 6.64. The predicted octanol–water partition coefficient (Wildman–Crippen LogP) is 5.54. The van der Waals surface area contributed by atoms with Gasteiger partial charge in [0.2, 0.25) is 0 Å². The van der Waals surface area contributed by atoms with E-state index in [1.807, 2.05) is 0 Å². The molecule has 0 amide bonds. The van der Waals surface area contributed by atoms with Gasteiger partial charge in [-0.3, -0.25) is 13.3 Å². The lowest BCUT2D eigenvalue weighted by molar-refractivity contribution is -0.414. The Morgan fingerprint density at radius 2 is 0.621 bits per heavy atom. The van der Waals surface area contributed by atoms with Crippen LogP contribution in [0.15, 0.2) is 0 Å². The molecule has 0 unspecified atom stereocenters. The summed E-state index contributed by atoms with van der Waals surface area (Å²) in [6.45, 7) is 0. The highest BCUT2D eigenvalue weighted by atomic mass is 28.4. The van der Waals surface area contributed by atoms with Gasteiger partial charge in [-0.05, 0) is 0 Å². The second-order valence-corrected chi connectivity index (χ2v) is 6.77. The molecular weight excluding hydrogens is 502 g/mol. The van der Waals surface area contributed by atoms with Gasteiger partial charge in [-0.15, -0.1) is 39.5 Å². The minimum atomic E-state index is -9.69. The van der Waals surface area contributed by atoms with E-state index >= 15 is 0 Å². The molecular formula is C7F18O3Si. The molecule has 0 aliphatic rings. The topological polar surface area (TPSA) is 27.7 Å². The third-order valence-corrected chi connectivity index (χ3v) is 4.86. The number of alkyl halides is 18. The van der Waals surface area contributed by atoms with E-state index in [2.05, 4.69) is 0 Å². The van der Waals surface area contributed by atoms with Gasteiger partial charge < -0.3 is 0 Å². The first kappa shape index (κ1) is 27.8. The van der Waals surface area contributed by atoms with E-state index < -0.39 is 51.5 Å². The average molecular weight is 502 g/mol. The molecule has 0 bridgehead atoms. The summed E-state index contributed by atoms with van der Waals surface area (Å²) < 4.78 is 228. The van der Waals surface area contributed by atoms with E-state index in [-0.39, 0.29) is 0 Å². The molecule has 22 heteroatoms. The fraction of sp³-hybridized carbons (Fsp3) is 1.00. The monoisotopic (exact) mass is 502 g/mol. The van der Waals surface area contributed by atoms with Crippen molar-refractivity contribution in [2.75, 3.05) is 0 Å². The maximum atomic E-state index is 13.6. The third kappa shape index (κ3) is 5.93. The van der Waals surface area contributed by atoms with Gasteiger partial charge >= 0.3 is 51.5 Å². The lowest BCUT2D eigenvalue weighted by Gasteiger charge is -2.41. The Kier molecular flexibility index (Phi) is 6.92. The first-order chi connectivity index (χ1) is 12.1. The molecule has 0 aliphatic carbocycles. The minimum Gasteiger partial charge on any atom is -0.280 e. The molecule has 0 aromatic heterocycles. The Hall–Kier alpha value is -1.16. The molecule has 0 aromatic carbocycles. The maximum Gasteiger partial charge on any atom is 0.601 e. The van der Waals surface area contributed by atoms with Gasteiger partial charge in [0.1, 0.15) is 0 Å². The molecule has 29 heavy (non-hydrogen) atoms. The highest BCUT2D eigenvalue weighted by Crippen LogP contribution is 2.58. The lowest BCUT2D eigenvalue weighted by Crippen LogP contribution is -2.76. The van der Waals surface area contributed by atoms with Gasteiger partial charge in [0, 0.05) is 0 Å². The summed E-state index contributed by atoms with van der Waals surface area (Å²) in [5.41, 5.74) is -8.32. The van der Waals surface area contributed by atoms with Crippen molar-refractivity contribution in [1.29, 1.82) is 0 Å². The summed E-state index contributed by atoms with van der Waals surface area (Å²) in [7, 11) is -9.69. The zero-order valence-corrected chi connectivity index (χ0v) is 13.0. The van der Waals surface area contributed by atoms with E-state index in [1.165, 1.54) is 0 Å². The standard InChI is InChI=1S/C7F18O3Si/c8-1(9,3(12,13)14)2(10,11)4(15,16)29(26-5(17,18)19,27-6(20,21)22)28-7(23,24)25. The Balaban J connectivity index is 7.05. The lowest BCUT2D eigenvalue weighted by atomic mass is 10.1. The van der Waals surface area contributed by atoms with Crippen LogP contribution < -0.4 is 0 Å². The fourth-order valence-corrected chi connectivity index (χ4v) is 3.24. The first-order valence-corrected chi connectivity index (χ1v) is 7.35. The van der Waals surface area contributed by atoms with Gasteiger partial charge in [0.25, 0.3) is 0 Å². The van der Waals surface area contributed by atoms with E-state index in [9.17, 15) is 79.0 Å². The Morgan fingerprint density at radius 1 is 0.379 bits per heavy atom. The Morgan fingerprint density at radius 3 is 0.793 bits per heavy atom. The fourth-order valence-electron chi connectivity index (χ4n) is 1.28. The van der Waals surface area contributed by atoms with Crippen molar-refractivity contribution in [2.24, 2.45) is 0 Å². The van der Waals surface area contributed by atoms with Gasteiger partial charge in [-0.2, -0.15) is 39.5 Å². The van der Waals surface area contributed by atoms with Gasteiger partial charge in [-0.25, -0.2) is 0 Å². The van der Waals surface area contributed by atoms with Crippen LogP contribution in [0.4, 0.5) is 79.0 Å². The van der Waals surface area contributed by atoms with Crippen molar-refractivity contribution in [3.63, 3.8) is 0 Å². The molecule has 176 valence electrons. The Bertz CT molecular complexity index is 527. The van der Waals surface area contributed by atoms with Crippen molar-refractivity contribution < 1.29 is 92.3 Å². The van der Waals surface area contributed by atoms with Crippen molar-refractivity contribution in [1.82, 2.24) is 0 Å². The van der Waals surface area contributed by atoms with Crippen molar-refractivity contribution >= 4 is 8.80 Å². The third-order valence-electron chi connectivity index (χ3n) is 2.28. The molecule has 0 radical (unpaired) electrons. The molecule has 0 aromatic rings. The van der Waals surface area contributed by atoms with Crippen LogP contribution >= 0.6 is 0 Å². The molecule has 0 heterocycles. The van der Waals surface area contributed by atoms with E-state index in [4.69, 9.17) is 0 Å². The van der Waals surface area contributed by atoms with Crippen LogP contribution in [0.2, 0.25) is 0 Å². The number of hydrogen-bond acceptors (Lipinski definition) is 3. The normalized spacial score (nSPS) is 16.3. The largest absolute Gasteiger partial charge is 0.601 e. The summed E-state index contributed by atoms with van der Waals surface area (Å²) in [6.07, 6.45) is -29.5. The van der Waals surface area contributed by atoms with Gasteiger partial charge in [-0.1, -0.05) is 0 Å². The summed E-state index contributed by atoms with van der Waals surface area (Å²) in [5, 5.41) is 0. The van der Waals surface area contributed by atoms with Crippen molar-refractivity contribution in [3.8, 4) is 0 Å². The van der Waals surface area contributed by atoms with E-state index in [1.54, 1.807) is 13.3 Å². The molecule has 0 spiro atoms. The molecule has 0 saturated heterocycles. The molecule has 0 saturated carbocycles. The highest BCUT2D eigenvalue weighted by Gasteiger charge is 2.92. The second-order valence-electron chi connectivity index (χ2n) is 4.42. The molecule has 0 aliphatic heterocycles. The number of rotatable bonds is 6. The van der Waals surface area contributed by atoms with Crippen molar-refractivity contribution in [2.45, 2.75) is 42.7 Å². The van der Waals surface area contributed by atoms with Crippen LogP contribution in [0.3, 0.4) is 0 Å². The summed E-state index contributed by atoms with van der Waals surface area (Å²) in [5.74, 6) is -16.6. The molecule has 0 fully saturated rings. The first-order valence-electron chi connectivity index (χ1n) is 5.63.